The van der Waals surface area contributed by atoms with Gasteiger partial charge in [-0.15, -0.1) is 0 Å². The van der Waals surface area contributed by atoms with Crippen LogP contribution < -0.4 is 25.7 Å². The van der Waals surface area contributed by atoms with E-state index in [4.69, 9.17) is 9.94 Å². The van der Waals surface area contributed by atoms with Crippen molar-refractivity contribution in [2.75, 3.05) is 30.3 Å². The van der Waals surface area contributed by atoms with Crippen LogP contribution >= 0.6 is 0 Å². The fourth-order valence-electron chi connectivity index (χ4n) is 5.41. The van der Waals surface area contributed by atoms with E-state index in [-0.39, 0.29) is 36.3 Å². The number of aromatic nitrogens is 1. The molecule has 4 amide bonds. The molecule has 0 spiro atoms. The van der Waals surface area contributed by atoms with Crippen LogP contribution in [0.4, 0.5) is 16.2 Å². The first kappa shape index (κ1) is 23.8. The number of benzene rings is 1. The molecule has 2 N–H and O–H groups in total. The van der Waals surface area contributed by atoms with Crippen molar-refractivity contribution >= 4 is 29.2 Å². The van der Waals surface area contributed by atoms with Gasteiger partial charge in [0.05, 0.1) is 12.8 Å². The van der Waals surface area contributed by atoms with E-state index >= 15 is 0 Å². The number of fused-ring (bicyclic) bond motifs is 4. The molecule has 0 radical (unpaired) electrons. The lowest BCUT2D eigenvalue weighted by atomic mass is 9.83. The highest BCUT2D eigenvalue weighted by atomic mass is 16.8. The molecule has 2 saturated heterocycles. The zero-order valence-electron chi connectivity index (χ0n) is 19.6. The van der Waals surface area contributed by atoms with Crippen molar-refractivity contribution in [2.45, 2.75) is 37.8 Å². The number of pyridine rings is 1. The van der Waals surface area contributed by atoms with Crippen molar-refractivity contribution in [3.8, 4) is 5.75 Å². The van der Waals surface area contributed by atoms with Gasteiger partial charge in [0.1, 0.15) is 17.5 Å². The number of hydrogen-bond acceptors (Lipinski definition) is 8. The molecule has 1 aromatic carbocycles. The number of carbonyl (C=O) groups excluding carboxylic acids is 3. The Morgan fingerprint density at radius 2 is 1.89 bits per heavy atom. The molecule has 36 heavy (non-hydrogen) atoms. The average molecular weight is 497 g/mol. The minimum absolute atomic E-state index is 0.0327. The molecule has 190 valence electrons. The van der Waals surface area contributed by atoms with Crippen molar-refractivity contribution in [1.29, 1.82) is 0 Å². The van der Waals surface area contributed by atoms with Crippen molar-refractivity contribution in [2.24, 2.45) is 5.92 Å². The number of likely N-dealkylation sites (tertiary alicyclic amines) is 1. The summed E-state index contributed by atoms with van der Waals surface area (Å²) in [5.41, 5.74) is 0.275. The Morgan fingerprint density at radius 1 is 1.14 bits per heavy atom. The van der Waals surface area contributed by atoms with Crippen LogP contribution in [0.1, 0.15) is 30.9 Å². The summed E-state index contributed by atoms with van der Waals surface area (Å²) in [5, 5.41) is 22.6. The molecule has 4 heterocycles. The van der Waals surface area contributed by atoms with E-state index in [0.29, 0.717) is 31.1 Å². The van der Waals surface area contributed by atoms with Crippen LogP contribution in [0.2, 0.25) is 0 Å². The monoisotopic (exact) mass is 496 g/mol. The number of piperidine rings is 1. The number of anilines is 2. The Bertz CT molecular complexity index is 1260. The van der Waals surface area contributed by atoms with Crippen molar-refractivity contribution in [3.05, 3.63) is 57.7 Å². The Morgan fingerprint density at radius 3 is 2.58 bits per heavy atom. The molecule has 1 aromatic heterocycles. The molecule has 3 aliphatic heterocycles. The van der Waals surface area contributed by atoms with E-state index < -0.39 is 28.8 Å². The van der Waals surface area contributed by atoms with Gasteiger partial charge in [0, 0.05) is 37.7 Å². The third kappa shape index (κ3) is 4.18. The molecule has 0 aliphatic carbocycles. The van der Waals surface area contributed by atoms with Crippen LogP contribution in [-0.2, 0) is 16.1 Å². The van der Waals surface area contributed by atoms with Crippen LogP contribution in [0.25, 0.3) is 0 Å². The van der Waals surface area contributed by atoms with E-state index in [1.165, 1.54) is 17.7 Å². The van der Waals surface area contributed by atoms with Gasteiger partial charge in [-0.05, 0) is 55.2 Å². The van der Waals surface area contributed by atoms with Crippen molar-refractivity contribution in [1.82, 2.24) is 14.8 Å². The maximum Gasteiger partial charge on any atom is 0.329 e. The summed E-state index contributed by atoms with van der Waals surface area (Å²) >= 11 is 0. The lowest BCUT2D eigenvalue weighted by Gasteiger charge is -2.43. The Kier molecular flexibility index (Phi) is 6.14. The van der Waals surface area contributed by atoms with Crippen LogP contribution in [0.3, 0.4) is 0 Å². The van der Waals surface area contributed by atoms with E-state index in [1.807, 2.05) is 0 Å². The lowest BCUT2D eigenvalue weighted by molar-refractivity contribution is -0.134. The van der Waals surface area contributed by atoms with E-state index in [1.54, 1.807) is 35.2 Å². The van der Waals surface area contributed by atoms with Gasteiger partial charge in [-0.2, -0.15) is 0 Å². The van der Waals surface area contributed by atoms with Gasteiger partial charge < -0.3 is 30.0 Å². The topological polar surface area (TPSA) is 147 Å². The first-order valence-electron chi connectivity index (χ1n) is 11.7. The second-order valence-electron chi connectivity index (χ2n) is 9.34. The predicted octanol–water partition coefficient (Wildman–Crippen LogP) is 1.40. The van der Waals surface area contributed by atoms with Gasteiger partial charge in [-0.1, -0.05) is 0 Å². The lowest BCUT2D eigenvalue weighted by Crippen LogP contribution is -2.49. The summed E-state index contributed by atoms with van der Waals surface area (Å²) in [6.45, 7) is 1.22. The molecule has 3 unspecified atom stereocenters. The average Bonchev–Trinajstić information content (AvgIpc) is 3.15. The third-order valence-electron chi connectivity index (χ3n) is 7.14. The van der Waals surface area contributed by atoms with E-state index in [2.05, 4.69) is 5.32 Å². The van der Waals surface area contributed by atoms with Crippen LogP contribution in [-0.4, -0.2) is 58.8 Å². The Hall–Kier alpha value is -3.90. The summed E-state index contributed by atoms with van der Waals surface area (Å²) < 4.78 is 6.62. The molecule has 2 fully saturated rings. The Labute approximate surface area is 206 Å². The molecular formula is C24H26N5O7-. The summed E-state index contributed by atoms with van der Waals surface area (Å²) in [6, 6.07) is 8.18. The van der Waals surface area contributed by atoms with Crippen molar-refractivity contribution < 1.29 is 24.3 Å². The molecule has 0 saturated carbocycles. The van der Waals surface area contributed by atoms with Gasteiger partial charge in [0.25, 0.3) is 11.5 Å². The number of amides is 4. The summed E-state index contributed by atoms with van der Waals surface area (Å²) in [4.78, 5) is 53.7. The number of rotatable bonds is 6. The van der Waals surface area contributed by atoms with Crippen LogP contribution in [0.15, 0.2) is 41.2 Å². The van der Waals surface area contributed by atoms with E-state index in [9.17, 15) is 24.4 Å². The highest BCUT2D eigenvalue weighted by Gasteiger charge is 2.40. The largest absolute Gasteiger partial charge is 0.733 e. The summed E-state index contributed by atoms with van der Waals surface area (Å²) in [5.74, 6) is 0.0377. The number of methoxy groups -OCH3 is 1. The first-order valence-corrected chi connectivity index (χ1v) is 11.7. The molecule has 3 aliphatic rings. The zero-order chi connectivity index (χ0) is 25.6. The highest BCUT2D eigenvalue weighted by molar-refractivity contribution is 6.21. The molecule has 12 nitrogen and oxygen atoms in total. The summed E-state index contributed by atoms with van der Waals surface area (Å²) in [7, 11) is 1.53. The number of carbonyl (C=O) groups is 3. The number of hydrogen-bond donors (Lipinski definition) is 2. The zero-order valence-corrected chi connectivity index (χ0v) is 19.6. The quantitative estimate of drug-likeness (QED) is 0.451. The minimum Gasteiger partial charge on any atom is -0.733 e. The van der Waals surface area contributed by atoms with Gasteiger partial charge in [0.15, 0.2) is 0 Å². The van der Waals surface area contributed by atoms with Gasteiger partial charge in [-0.25, -0.2) is 9.69 Å². The van der Waals surface area contributed by atoms with Gasteiger partial charge >= 0.3 is 6.03 Å². The normalized spacial score (nSPS) is 22.8. The number of urea groups is 1. The SMILES string of the molecule is COc1ccc(N2C(=O)NC(CCC(=O)N3CC4CC(C3)c3ccc(N([O-])O)c(=O)n3C4)C2=O)cc1. The fourth-order valence-corrected chi connectivity index (χ4v) is 5.41. The second-order valence-corrected chi connectivity index (χ2v) is 9.34. The van der Waals surface area contributed by atoms with Crippen LogP contribution in [0.5, 0.6) is 5.75 Å². The third-order valence-corrected chi connectivity index (χ3v) is 7.14. The minimum atomic E-state index is -0.793. The van der Waals surface area contributed by atoms with Crippen LogP contribution in [0, 0.1) is 11.1 Å². The number of imide groups is 1. The first-order chi connectivity index (χ1) is 17.3. The number of nitrogens with one attached hydrogen (secondary N) is 1. The molecule has 2 bridgehead atoms. The van der Waals surface area contributed by atoms with E-state index in [0.717, 1.165) is 17.0 Å². The predicted molar refractivity (Wildman–Crippen MR) is 128 cm³/mol. The molecule has 2 aromatic rings. The standard InChI is InChI=1S/C24H26N5O7/c1-36-17-4-2-16(3-5-17)28-22(31)18(25-24(28)33)6-9-21(30)26-11-14-10-15(13-26)19-7-8-20(29(34)35)23(32)27(19)12-14/h2-5,7-8,14-15,18,34H,6,9-13H2,1H3,(H,25,33)/q-1. The molecule has 3 atom stereocenters. The molecule has 5 rings (SSSR count). The fraction of sp³-hybridized carbons (Fsp3) is 0.417. The van der Waals surface area contributed by atoms with Gasteiger partial charge in [0.2, 0.25) is 5.91 Å². The van der Waals surface area contributed by atoms with Crippen molar-refractivity contribution in [3.63, 3.8) is 0 Å². The highest BCUT2D eigenvalue weighted by Crippen LogP contribution is 2.36. The smallest absolute Gasteiger partial charge is 0.329 e. The number of ether oxygens (including phenoxy) is 1. The maximum atomic E-state index is 13.0. The van der Waals surface area contributed by atoms with Gasteiger partial charge in [-0.3, -0.25) is 19.6 Å². The maximum absolute atomic E-state index is 13.0. The second kappa shape index (κ2) is 9.28. The molecule has 12 heteroatoms. The number of nitrogens with zero attached hydrogens (tertiary/aromatic N) is 4. The Balaban J connectivity index is 1.22. The summed E-state index contributed by atoms with van der Waals surface area (Å²) in [6.07, 6.45) is 1.09. The molecular weight excluding hydrogens is 470 g/mol.